The molecule has 0 atom stereocenters. The Kier molecular flexibility index (Phi) is 6.87. The molecule has 1 aliphatic rings. The number of nitrogens with one attached hydrogen (secondary N) is 1. The lowest BCUT2D eigenvalue weighted by Crippen LogP contribution is -2.26. The van der Waals surface area contributed by atoms with Gasteiger partial charge < -0.3 is 10.1 Å². The molecule has 162 valence electrons. The second-order valence-electron chi connectivity index (χ2n) is 7.79. The van der Waals surface area contributed by atoms with E-state index in [9.17, 15) is 9.59 Å². The van der Waals surface area contributed by atoms with E-state index in [-0.39, 0.29) is 11.5 Å². The highest BCUT2D eigenvalue weighted by atomic mass is 35.5. The van der Waals surface area contributed by atoms with Gasteiger partial charge in [0.05, 0.1) is 17.5 Å². The van der Waals surface area contributed by atoms with Crippen molar-refractivity contribution in [2.45, 2.75) is 45.1 Å². The van der Waals surface area contributed by atoms with Gasteiger partial charge in [-0.1, -0.05) is 18.0 Å². The number of benzene rings is 2. The molecule has 0 unspecified atom stereocenters. The van der Waals surface area contributed by atoms with Crippen molar-refractivity contribution in [1.82, 2.24) is 14.9 Å². The van der Waals surface area contributed by atoms with Gasteiger partial charge in [0.2, 0.25) is 0 Å². The average molecular weight is 440 g/mol. The molecular formula is C24H26ClN3O3. The molecule has 1 amide bonds. The fourth-order valence-corrected chi connectivity index (χ4v) is 3.94. The van der Waals surface area contributed by atoms with Crippen LogP contribution in [0.3, 0.4) is 0 Å². The number of fused-ring (bicyclic) bond motifs is 2. The first-order valence-electron chi connectivity index (χ1n) is 10.8. The van der Waals surface area contributed by atoms with E-state index in [1.807, 2.05) is 12.1 Å². The molecular weight excluding hydrogens is 414 g/mol. The summed E-state index contributed by atoms with van der Waals surface area (Å²) in [6.07, 6.45) is 5.59. The number of rotatable bonds is 7. The van der Waals surface area contributed by atoms with Crippen LogP contribution in [-0.2, 0) is 13.0 Å². The van der Waals surface area contributed by atoms with Crippen molar-refractivity contribution in [2.24, 2.45) is 0 Å². The van der Waals surface area contributed by atoms with E-state index in [2.05, 4.69) is 5.32 Å². The Labute approximate surface area is 186 Å². The topological polar surface area (TPSA) is 73.2 Å². The minimum Gasteiger partial charge on any atom is -0.494 e. The van der Waals surface area contributed by atoms with E-state index in [4.69, 9.17) is 21.3 Å². The van der Waals surface area contributed by atoms with Crippen LogP contribution < -0.4 is 15.6 Å². The van der Waals surface area contributed by atoms with Gasteiger partial charge in [-0.15, -0.1) is 0 Å². The normalized spacial score (nSPS) is 13.5. The van der Waals surface area contributed by atoms with Gasteiger partial charge in [0, 0.05) is 30.1 Å². The number of carbonyl (C=O) groups is 1. The Morgan fingerprint density at radius 1 is 1.10 bits per heavy atom. The fraction of sp³-hybridized carbons (Fsp3) is 0.375. The first kappa shape index (κ1) is 21.4. The number of amides is 1. The maximum absolute atomic E-state index is 12.8. The number of hydrogen-bond acceptors (Lipinski definition) is 4. The highest BCUT2D eigenvalue weighted by Gasteiger charge is 2.15. The highest BCUT2D eigenvalue weighted by Crippen LogP contribution is 2.17. The summed E-state index contributed by atoms with van der Waals surface area (Å²) in [5.41, 5.74) is 1.12. The van der Waals surface area contributed by atoms with E-state index in [0.29, 0.717) is 34.6 Å². The molecule has 0 radical (unpaired) electrons. The number of nitrogens with zero attached hydrogens (tertiary/aromatic N) is 2. The highest BCUT2D eigenvalue weighted by molar-refractivity contribution is 6.30. The van der Waals surface area contributed by atoms with E-state index in [0.717, 1.165) is 56.6 Å². The van der Waals surface area contributed by atoms with E-state index < -0.39 is 0 Å². The summed E-state index contributed by atoms with van der Waals surface area (Å²) in [5.74, 6) is 1.46. The van der Waals surface area contributed by atoms with Gasteiger partial charge in [0.15, 0.2) is 0 Å². The second kappa shape index (κ2) is 9.96. The Balaban J connectivity index is 1.31. The quantitative estimate of drug-likeness (QED) is 0.555. The molecule has 2 heterocycles. The lowest BCUT2D eigenvalue weighted by atomic mass is 10.1. The summed E-state index contributed by atoms with van der Waals surface area (Å²) >= 11 is 5.86. The zero-order valence-corrected chi connectivity index (χ0v) is 18.2. The Morgan fingerprint density at radius 2 is 1.94 bits per heavy atom. The van der Waals surface area contributed by atoms with Crippen molar-refractivity contribution in [3.05, 3.63) is 69.2 Å². The Bertz CT molecular complexity index is 1130. The largest absolute Gasteiger partial charge is 0.494 e. The lowest BCUT2D eigenvalue weighted by molar-refractivity contribution is 0.0952. The van der Waals surface area contributed by atoms with Crippen molar-refractivity contribution in [1.29, 1.82) is 0 Å². The molecule has 1 aromatic heterocycles. The zero-order valence-electron chi connectivity index (χ0n) is 17.4. The van der Waals surface area contributed by atoms with Crippen molar-refractivity contribution < 1.29 is 9.53 Å². The molecule has 2 aromatic carbocycles. The number of unbranched alkanes of at least 4 members (excludes halogenated alkanes) is 1. The number of aryl methyl sites for hydroxylation is 1. The molecule has 1 aliphatic heterocycles. The van der Waals surface area contributed by atoms with Crippen LogP contribution in [0.2, 0.25) is 5.02 Å². The number of hydrogen-bond donors (Lipinski definition) is 1. The van der Waals surface area contributed by atoms with Crippen LogP contribution in [0.5, 0.6) is 5.75 Å². The molecule has 0 spiro atoms. The van der Waals surface area contributed by atoms with Crippen LogP contribution in [0.1, 0.15) is 48.3 Å². The van der Waals surface area contributed by atoms with Gasteiger partial charge in [0.1, 0.15) is 11.6 Å². The smallest absolute Gasteiger partial charge is 0.261 e. The van der Waals surface area contributed by atoms with Crippen LogP contribution in [0.4, 0.5) is 0 Å². The van der Waals surface area contributed by atoms with Gasteiger partial charge in [-0.05, 0) is 68.1 Å². The summed E-state index contributed by atoms with van der Waals surface area (Å²) in [5, 5.41) is 4.18. The van der Waals surface area contributed by atoms with Crippen molar-refractivity contribution >= 4 is 28.4 Å². The zero-order chi connectivity index (χ0) is 21.6. The molecule has 0 saturated heterocycles. The van der Waals surface area contributed by atoms with Gasteiger partial charge in [-0.25, -0.2) is 4.98 Å². The predicted octanol–water partition coefficient (Wildman–Crippen LogP) is 4.37. The molecule has 0 bridgehead atoms. The van der Waals surface area contributed by atoms with Gasteiger partial charge in [0.25, 0.3) is 11.5 Å². The van der Waals surface area contributed by atoms with E-state index in [1.54, 1.807) is 34.9 Å². The summed E-state index contributed by atoms with van der Waals surface area (Å²) in [6, 6.07) is 12.4. The fourth-order valence-electron chi connectivity index (χ4n) is 3.81. The summed E-state index contributed by atoms with van der Waals surface area (Å²) in [4.78, 5) is 30.0. The minimum atomic E-state index is -0.155. The third kappa shape index (κ3) is 5.25. The molecule has 1 N–H and O–H groups in total. The standard InChI is InChI=1S/C24H26ClN3O3/c25-18-8-10-19(11-9-18)31-15-5-3-13-26-23(29)17-7-12-20-21(16-17)27-22-6-2-1-4-14-28(22)24(20)30/h7-12,16H,1-6,13-15H2,(H,26,29). The predicted molar refractivity (Wildman–Crippen MR) is 122 cm³/mol. The van der Waals surface area contributed by atoms with E-state index in [1.165, 1.54) is 0 Å². The molecule has 4 rings (SSSR count). The van der Waals surface area contributed by atoms with Gasteiger partial charge >= 0.3 is 0 Å². The Morgan fingerprint density at radius 3 is 2.77 bits per heavy atom. The molecule has 7 heteroatoms. The number of ether oxygens (including phenoxy) is 1. The first-order chi connectivity index (χ1) is 15.1. The Hall–Kier alpha value is -2.86. The molecule has 6 nitrogen and oxygen atoms in total. The van der Waals surface area contributed by atoms with Gasteiger partial charge in [-0.3, -0.25) is 14.2 Å². The molecule has 31 heavy (non-hydrogen) atoms. The maximum atomic E-state index is 12.8. The van der Waals surface area contributed by atoms with Crippen molar-refractivity contribution in [3.63, 3.8) is 0 Å². The summed E-state index contributed by atoms with van der Waals surface area (Å²) in [7, 11) is 0. The summed E-state index contributed by atoms with van der Waals surface area (Å²) < 4.78 is 7.45. The molecule has 0 saturated carbocycles. The maximum Gasteiger partial charge on any atom is 0.261 e. The molecule has 0 aliphatic carbocycles. The third-order valence-electron chi connectivity index (χ3n) is 5.52. The summed E-state index contributed by atoms with van der Waals surface area (Å²) in [6.45, 7) is 1.86. The lowest BCUT2D eigenvalue weighted by Gasteiger charge is -2.11. The van der Waals surface area contributed by atoms with E-state index >= 15 is 0 Å². The molecule has 3 aromatic rings. The molecule has 0 fully saturated rings. The van der Waals surface area contributed by atoms with Crippen molar-refractivity contribution in [2.75, 3.05) is 13.2 Å². The van der Waals surface area contributed by atoms with Crippen molar-refractivity contribution in [3.8, 4) is 5.75 Å². The second-order valence-corrected chi connectivity index (χ2v) is 8.23. The first-order valence-corrected chi connectivity index (χ1v) is 11.2. The van der Waals surface area contributed by atoms with Crippen LogP contribution in [-0.4, -0.2) is 28.6 Å². The van der Waals surface area contributed by atoms with Crippen LogP contribution >= 0.6 is 11.6 Å². The van der Waals surface area contributed by atoms with Crippen LogP contribution in [0.25, 0.3) is 10.9 Å². The van der Waals surface area contributed by atoms with Gasteiger partial charge in [-0.2, -0.15) is 0 Å². The number of halogens is 1. The third-order valence-corrected chi connectivity index (χ3v) is 5.77. The van der Waals surface area contributed by atoms with Crippen LogP contribution in [0, 0.1) is 0 Å². The minimum absolute atomic E-state index is 0.00505. The monoisotopic (exact) mass is 439 g/mol. The van der Waals surface area contributed by atoms with Crippen LogP contribution in [0.15, 0.2) is 47.3 Å². The number of aromatic nitrogens is 2. The average Bonchev–Trinajstić information content (AvgIpc) is 3.02. The SMILES string of the molecule is O=C(NCCCCOc1ccc(Cl)cc1)c1ccc2c(=O)n3c(nc2c1)CCCCC3. The number of carbonyl (C=O) groups excluding carboxylic acids is 1.